The zero-order valence-corrected chi connectivity index (χ0v) is 20.9. The van der Waals surface area contributed by atoms with Crippen molar-refractivity contribution in [2.75, 3.05) is 24.6 Å². The van der Waals surface area contributed by atoms with Gasteiger partial charge in [-0.3, -0.25) is 4.79 Å². The highest BCUT2D eigenvalue weighted by atomic mass is 35.5. The van der Waals surface area contributed by atoms with E-state index in [-0.39, 0.29) is 51.5 Å². The summed E-state index contributed by atoms with van der Waals surface area (Å²) in [5.41, 5.74) is 0.103. The standard InChI is InChI=1S/C19H26ClN3O6S3/c1-11(10-30)18(25)23(19(26)27)9-14(7-12(23)2)31-6-5-22-17(24)13-3-4-15(20)16(8-13)32(21,28)29/h3-4,8,11-12,14H,5-7,9-10H2,1-2H3,(H4-,21,22,24,26,27,28,29,30)/p+1/t11?,12?,14-,23-/m0/s1. The summed E-state index contributed by atoms with van der Waals surface area (Å²) in [5, 5.41) is 17.5. The van der Waals surface area contributed by atoms with Crippen LogP contribution in [0.15, 0.2) is 23.1 Å². The molecule has 3 amide bonds. The molecule has 0 bridgehead atoms. The van der Waals surface area contributed by atoms with Crippen molar-refractivity contribution in [2.45, 2.75) is 36.5 Å². The molecule has 9 nitrogen and oxygen atoms in total. The number of primary sulfonamides is 1. The Bertz CT molecular complexity index is 1010. The lowest BCUT2D eigenvalue weighted by Gasteiger charge is -2.31. The second-order valence-electron chi connectivity index (χ2n) is 7.78. The predicted octanol–water partition coefficient (Wildman–Crippen LogP) is 2.20. The summed E-state index contributed by atoms with van der Waals surface area (Å²) in [6.07, 6.45) is -0.592. The smallest absolute Gasteiger partial charge is 0.435 e. The summed E-state index contributed by atoms with van der Waals surface area (Å²) in [4.78, 5) is 36.9. The van der Waals surface area contributed by atoms with E-state index in [0.717, 1.165) is 6.07 Å². The van der Waals surface area contributed by atoms with Gasteiger partial charge in [-0.25, -0.2) is 18.4 Å². The number of quaternary nitrogens is 1. The molecule has 1 aliphatic heterocycles. The Labute approximate surface area is 202 Å². The van der Waals surface area contributed by atoms with Crippen LogP contribution in [-0.2, 0) is 14.8 Å². The monoisotopic (exact) mass is 524 g/mol. The van der Waals surface area contributed by atoms with E-state index in [9.17, 15) is 27.9 Å². The van der Waals surface area contributed by atoms with E-state index in [2.05, 4.69) is 17.9 Å². The van der Waals surface area contributed by atoms with Crippen molar-refractivity contribution in [3.8, 4) is 0 Å². The molecule has 32 heavy (non-hydrogen) atoms. The van der Waals surface area contributed by atoms with Gasteiger partial charge in [-0.1, -0.05) is 11.6 Å². The molecule has 1 fully saturated rings. The van der Waals surface area contributed by atoms with Crippen molar-refractivity contribution in [1.82, 2.24) is 5.32 Å². The van der Waals surface area contributed by atoms with E-state index >= 15 is 0 Å². The molecule has 0 aliphatic carbocycles. The van der Waals surface area contributed by atoms with Crippen LogP contribution in [0.4, 0.5) is 4.79 Å². The maximum absolute atomic E-state index is 12.8. The van der Waals surface area contributed by atoms with Gasteiger partial charge in [-0.2, -0.15) is 33.7 Å². The first-order valence-electron chi connectivity index (χ1n) is 9.83. The Kier molecular flexibility index (Phi) is 9.05. The van der Waals surface area contributed by atoms with Gasteiger partial charge in [0.15, 0.2) is 0 Å². The number of nitrogens with two attached hydrogens (primary N) is 1. The summed E-state index contributed by atoms with van der Waals surface area (Å²) in [6.45, 7) is 3.90. The molecular weight excluding hydrogens is 498 g/mol. The minimum atomic E-state index is -4.06. The van der Waals surface area contributed by atoms with E-state index in [1.807, 2.05) is 0 Å². The fourth-order valence-corrected chi connectivity index (χ4v) is 6.29. The molecule has 2 unspecified atom stereocenters. The van der Waals surface area contributed by atoms with Gasteiger partial charge in [0.05, 0.1) is 16.2 Å². The van der Waals surface area contributed by atoms with Crippen LogP contribution < -0.4 is 10.5 Å². The number of nitrogens with one attached hydrogen (secondary N) is 1. The molecule has 1 saturated heterocycles. The van der Waals surface area contributed by atoms with E-state index in [1.165, 1.54) is 23.9 Å². The number of amides is 3. The van der Waals surface area contributed by atoms with Crippen molar-refractivity contribution < 1.29 is 32.4 Å². The van der Waals surface area contributed by atoms with Crippen LogP contribution in [0, 0.1) is 5.92 Å². The Balaban J connectivity index is 1.95. The zero-order valence-electron chi connectivity index (χ0n) is 17.7. The van der Waals surface area contributed by atoms with Gasteiger partial charge in [0.1, 0.15) is 17.5 Å². The number of hydrogen-bond acceptors (Lipinski definition) is 7. The minimum Gasteiger partial charge on any atom is -0.435 e. The van der Waals surface area contributed by atoms with Crippen LogP contribution in [0.25, 0.3) is 0 Å². The molecule has 0 aromatic heterocycles. The van der Waals surface area contributed by atoms with Crippen LogP contribution in [0.3, 0.4) is 0 Å². The lowest BCUT2D eigenvalue weighted by atomic mass is 10.1. The molecule has 4 N–H and O–H groups in total. The summed E-state index contributed by atoms with van der Waals surface area (Å²) >= 11 is 11.5. The Hall–Kier alpha value is -1.31. The number of carboxylic acid groups (broad SMARTS) is 1. The first-order chi connectivity index (χ1) is 14.8. The average molecular weight is 525 g/mol. The number of rotatable bonds is 8. The largest absolute Gasteiger partial charge is 0.521 e. The molecule has 13 heteroatoms. The van der Waals surface area contributed by atoms with Crippen molar-refractivity contribution in [3.05, 3.63) is 28.8 Å². The van der Waals surface area contributed by atoms with Gasteiger partial charge in [0, 0.05) is 30.0 Å². The number of carbonyl (C=O) groups excluding carboxylic acids is 2. The van der Waals surface area contributed by atoms with Crippen molar-refractivity contribution in [1.29, 1.82) is 0 Å². The van der Waals surface area contributed by atoms with Gasteiger partial charge >= 0.3 is 12.0 Å². The number of hydrogen-bond donors (Lipinski definition) is 4. The summed E-state index contributed by atoms with van der Waals surface area (Å²) in [6, 6.07) is 3.44. The van der Waals surface area contributed by atoms with Crippen LogP contribution in [0.1, 0.15) is 30.6 Å². The number of likely N-dealkylation sites (tertiary alicyclic amines) is 1. The fourth-order valence-electron chi connectivity index (χ4n) is 3.75. The molecule has 178 valence electrons. The predicted molar refractivity (Wildman–Crippen MR) is 127 cm³/mol. The molecule has 1 aromatic carbocycles. The second kappa shape index (κ2) is 10.7. The molecular formula is C19H27ClN3O6S3+. The second-order valence-corrected chi connectivity index (χ2v) is 11.5. The SMILES string of the molecule is CC(CS)C(=O)[N@+]1(C(=O)O)C[C@@H](SCCNC(=O)c2ccc(Cl)c(S(N)(=O)=O)c2)CC1C. The molecule has 2 rings (SSSR count). The zero-order chi connectivity index (χ0) is 24.3. The van der Waals surface area contributed by atoms with E-state index in [4.69, 9.17) is 16.7 Å². The third-order valence-electron chi connectivity index (χ3n) is 5.52. The Morgan fingerprint density at radius 1 is 1.41 bits per heavy atom. The molecule has 0 spiro atoms. The topological polar surface area (TPSA) is 144 Å². The molecule has 1 heterocycles. The van der Waals surface area contributed by atoms with Crippen molar-refractivity contribution in [3.63, 3.8) is 0 Å². The number of thioether (sulfide) groups is 1. The molecule has 1 aromatic rings. The first-order valence-corrected chi connectivity index (χ1v) is 13.4. The van der Waals surface area contributed by atoms with E-state index < -0.39 is 32.4 Å². The third-order valence-corrected chi connectivity index (χ3v) is 8.71. The lowest BCUT2D eigenvalue weighted by Crippen LogP contribution is -2.60. The fraction of sp³-hybridized carbons (Fsp3) is 0.526. The van der Waals surface area contributed by atoms with E-state index in [0.29, 0.717) is 12.2 Å². The van der Waals surface area contributed by atoms with Crippen LogP contribution in [0.2, 0.25) is 5.02 Å². The summed E-state index contributed by atoms with van der Waals surface area (Å²) in [7, 11) is -4.06. The van der Waals surface area contributed by atoms with Gasteiger partial charge in [-0.05, 0) is 32.0 Å². The van der Waals surface area contributed by atoms with E-state index in [1.54, 1.807) is 13.8 Å². The number of nitrogens with zero attached hydrogens (tertiary/aromatic N) is 1. The van der Waals surface area contributed by atoms with Gasteiger partial charge in [0.25, 0.3) is 5.91 Å². The average Bonchev–Trinajstić information content (AvgIpc) is 3.06. The van der Waals surface area contributed by atoms with Gasteiger partial charge in [-0.15, -0.1) is 0 Å². The van der Waals surface area contributed by atoms with Gasteiger partial charge < -0.3 is 10.4 Å². The maximum atomic E-state index is 12.8. The molecule has 1 aliphatic rings. The summed E-state index contributed by atoms with van der Waals surface area (Å²) in [5.74, 6) is -0.526. The maximum Gasteiger partial charge on any atom is 0.521 e. The van der Waals surface area contributed by atoms with Crippen molar-refractivity contribution in [2.24, 2.45) is 11.1 Å². The number of imide groups is 1. The van der Waals surface area contributed by atoms with Crippen LogP contribution >= 0.6 is 36.0 Å². The normalized spacial score (nSPS) is 24.2. The number of carbonyl (C=O) groups is 3. The first kappa shape index (κ1) is 26.9. The van der Waals surface area contributed by atoms with Gasteiger partial charge in [0.2, 0.25) is 10.0 Å². The number of halogens is 1. The van der Waals surface area contributed by atoms with Crippen molar-refractivity contribution >= 4 is 63.9 Å². The number of thiol groups is 1. The van der Waals surface area contributed by atoms with Crippen LogP contribution in [-0.4, -0.2) is 71.8 Å². The highest BCUT2D eigenvalue weighted by Gasteiger charge is 2.57. The Morgan fingerprint density at radius 2 is 2.06 bits per heavy atom. The third kappa shape index (κ3) is 5.78. The summed E-state index contributed by atoms with van der Waals surface area (Å²) < 4.78 is 22.5. The molecule has 0 saturated carbocycles. The quantitative estimate of drug-likeness (QED) is 0.232. The van der Waals surface area contributed by atoms with Crippen LogP contribution in [0.5, 0.6) is 0 Å². The number of sulfonamides is 1. The molecule has 4 atom stereocenters. The highest BCUT2D eigenvalue weighted by Crippen LogP contribution is 2.36. The highest BCUT2D eigenvalue weighted by molar-refractivity contribution is 7.99. The minimum absolute atomic E-state index is 0.0569. The number of benzene rings is 1. The molecule has 0 radical (unpaired) electrons. The lowest BCUT2D eigenvalue weighted by molar-refractivity contribution is -0.793. The Morgan fingerprint density at radius 3 is 2.62 bits per heavy atom.